The Kier molecular flexibility index (Phi) is 2.48. The van der Waals surface area contributed by atoms with Crippen LogP contribution in [-0.4, -0.2) is 4.98 Å². The molecule has 1 saturated carbocycles. The molecule has 0 atom stereocenters. The Morgan fingerprint density at radius 2 is 1.94 bits per heavy atom. The fourth-order valence-electron chi connectivity index (χ4n) is 1.79. The molecule has 3 rings (SSSR count). The highest BCUT2D eigenvalue weighted by Crippen LogP contribution is 2.47. The average molecular weight is 295 g/mol. The molecule has 0 bridgehead atoms. The number of nitrogens with zero attached hydrogens (tertiary/aromatic N) is 1. The number of aromatic nitrogens is 1. The quantitative estimate of drug-likeness (QED) is 0.908. The Balaban J connectivity index is 2.07. The van der Waals surface area contributed by atoms with Crippen molar-refractivity contribution in [2.45, 2.75) is 18.8 Å². The van der Waals surface area contributed by atoms with Gasteiger partial charge in [0.15, 0.2) is 5.13 Å². The van der Waals surface area contributed by atoms with E-state index in [9.17, 15) is 0 Å². The van der Waals surface area contributed by atoms with Crippen molar-refractivity contribution in [2.24, 2.45) is 0 Å². The van der Waals surface area contributed by atoms with E-state index in [2.05, 4.69) is 33.0 Å². The molecule has 0 saturated heterocycles. The Labute approximate surface area is 107 Å². The van der Waals surface area contributed by atoms with E-state index in [1.165, 1.54) is 17.7 Å². The summed E-state index contributed by atoms with van der Waals surface area (Å²) in [5.74, 6) is 0.702. The molecule has 1 aromatic carbocycles. The van der Waals surface area contributed by atoms with Crippen molar-refractivity contribution in [1.82, 2.24) is 4.98 Å². The van der Waals surface area contributed by atoms with Crippen molar-refractivity contribution >= 4 is 32.4 Å². The predicted molar refractivity (Wildman–Crippen MR) is 71.6 cm³/mol. The average Bonchev–Trinajstić information content (AvgIpc) is 3.04. The molecule has 2 N–H and O–H groups in total. The van der Waals surface area contributed by atoms with Gasteiger partial charge in [-0.1, -0.05) is 28.1 Å². The number of hydrogen-bond donors (Lipinski definition) is 1. The second-order valence-electron chi connectivity index (χ2n) is 4.05. The van der Waals surface area contributed by atoms with Gasteiger partial charge in [0.2, 0.25) is 0 Å². The third-order valence-electron chi connectivity index (χ3n) is 2.74. The van der Waals surface area contributed by atoms with Crippen LogP contribution in [0, 0.1) is 0 Å². The molecule has 1 heterocycles. The van der Waals surface area contributed by atoms with Gasteiger partial charge in [-0.3, -0.25) is 0 Å². The SMILES string of the molecule is Nc1nc(-c2ccc(Br)cc2)c(C2CC2)s1. The van der Waals surface area contributed by atoms with Crippen LogP contribution in [0.15, 0.2) is 28.7 Å². The molecule has 1 fully saturated rings. The number of nitrogen functional groups attached to an aromatic ring is 1. The van der Waals surface area contributed by atoms with Gasteiger partial charge in [-0.25, -0.2) is 4.98 Å². The van der Waals surface area contributed by atoms with E-state index in [1.807, 2.05) is 12.1 Å². The summed E-state index contributed by atoms with van der Waals surface area (Å²) in [5, 5.41) is 0.680. The Hall–Kier alpha value is -0.870. The number of halogens is 1. The molecule has 2 aromatic rings. The molecule has 0 unspecified atom stereocenters. The summed E-state index contributed by atoms with van der Waals surface area (Å²) < 4.78 is 1.09. The first-order valence-electron chi connectivity index (χ1n) is 5.26. The molecular weight excluding hydrogens is 284 g/mol. The summed E-state index contributed by atoms with van der Waals surface area (Å²) >= 11 is 5.08. The van der Waals surface area contributed by atoms with E-state index in [4.69, 9.17) is 5.73 Å². The van der Waals surface area contributed by atoms with Crippen LogP contribution in [0.5, 0.6) is 0 Å². The van der Waals surface area contributed by atoms with Crippen molar-refractivity contribution < 1.29 is 0 Å². The summed E-state index contributed by atoms with van der Waals surface area (Å²) in [4.78, 5) is 5.81. The molecule has 1 aliphatic carbocycles. The Morgan fingerprint density at radius 1 is 1.25 bits per heavy atom. The lowest BCUT2D eigenvalue weighted by Gasteiger charge is -2.00. The summed E-state index contributed by atoms with van der Waals surface area (Å²) in [6.07, 6.45) is 2.57. The zero-order chi connectivity index (χ0) is 11.1. The van der Waals surface area contributed by atoms with E-state index in [0.29, 0.717) is 11.0 Å². The minimum atomic E-state index is 0.680. The van der Waals surface area contributed by atoms with Crippen LogP contribution in [0.25, 0.3) is 11.3 Å². The van der Waals surface area contributed by atoms with Gasteiger partial charge in [0.05, 0.1) is 5.69 Å². The van der Waals surface area contributed by atoms with Crippen LogP contribution in [0.2, 0.25) is 0 Å². The van der Waals surface area contributed by atoms with Crippen molar-refractivity contribution in [3.05, 3.63) is 33.6 Å². The monoisotopic (exact) mass is 294 g/mol. The lowest BCUT2D eigenvalue weighted by atomic mass is 10.1. The third-order valence-corrected chi connectivity index (χ3v) is 4.31. The standard InChI is InChI=1S/C12H11BrN2S/c13-9-5-3-7(4-6-9)10-11(8-1-2-8)16-12(14)15-10/h3-6,8H,1-2H2,(H2,14,15). The smallest absolute Gasteiger partial charge is 0.180 e. The van der Waals surface area contributed by atoms with Crippen molar-refractivity contribution in [1.29, 1.82) is 0 Å². The van der Waals surface area contributed by atoms with Crippen molar-refractivity contribution in [3.63, 3.8) is 0 Å². The molecule has 16 heavy (non-hydrogen) atoms. The van der Waals surface area contributed by atoms with Crippen molar-refractivity contribution in [3.8, 4) is 11.3 Å². The van der Waals surface area contributed by atoms with Crippen LogP contribution >= 0.6 is 27.3 Å². The van der Waals surface area contributed by atoms with Gasteiger partial charge in [-0.15, -0.1) is 11.3 Å². The van der Waals surface area contributed by atoms with Crippen LogP contribution in [0.1, 0.15) is 23.6 Å². The topological polar surface area (TPSA) is 38.9 Å². The molecule has 0 radical (unpaired) electrons. The number of nitrogens with two attached hydrogens (primary N) is 1. The predicted octanol–water partition coefficient (Wildman–Crippen LogP) is 4.03. The molecule has 0 amide bonds. The Morgan fingerprint density at radius 3 is 2.56 bits per heavy atom. The van der Waals surface area contributed by atoms with E-state index in [-0.39, 0.29) is 0 Å². The summed E-state index contributed by atoms with van der Waals surface area (Å²) in [6, 6.07) is 8.26. The van der Waals surface area contributed by atoms with Crippen LogP contribution in [-0.2, 0) is 0 Å². The lowest BCUT2D eigenvalue weighted by Crippen LogP contribution is -1.84. The molecular formula is C12H11BrN2S. The molecule has 2 nitrogen and oxygen atoms in total. The van der Waals surface area contributed by atoms with E-state index >= 15 is 0 Å². The summed E-state index contributed by atoms with van der Waals surface area (Å²) in [7, 11) is 0. The van der Waals surface area contributed by atoms with Gasteiger partial charge >= 0.3 is 0 Å². The second-order valence-corrected chi connectivity index (χ2v) is 6.02. The zero-order valence-electron chi connectivity index (χ0n) is 8.61. The highest BCUT2D eigenvalue weighted by molar-refractivity contribution is 9.10. The van der Waals surface area contributed by atoms with Gasteiger partial charge in [-0.2, -0.15) is 0 Å². The fourth-order valence-corrected chi connectivity index (χ4v) is 3.07. The first-order chi connectivity index (χ1) is 7.74. The first kappa shape index (κ1) is 10.3. The number of benzene rings is 1. The maximum atomic E-state index is 5.81. The van der Waals surface area contributed by atoms with Crippen LogP contribution in [0.3, 0.4) is 0 Å². The van der Waals surface area contributed by atoms with Crippen LogP contribution < -0.4 is 5.73 Å². The zero-order valence-corrected chi connectivity index (χ0v) is 11.0. The van der Waals surface area contributed by atoms with Crippen LogP contribution in [0.4, 0.5) is 5.13 Å². The van der Waals surface area contributed by atoms with Gasteiger partial charge in [0.25, 0.3) is 0 Å². The summed E-state index contributed by atoms with van der Waals surface area (Å²) in [6.45, 7) is 0. The second kappa shape index (κ2) is 3.86. The van der Waals surface area contributed by atoms with Crippen molar-refractivity contribution in [2.75, 3.05) is 5.73 Å². The van der Waals surface area contributed by atoms with Gasteiger partial charge in [0.1, 0.15) is 0 Å². The van der Waals surface area contributed by atoms with Gasteiger partial charge < -0.3 is 5.73 Å². The molecule has 82 valence electrons. The number of anilines is 1. The largest absolute Gasteiger partial charge is 0.375 e. The highest BCUT2D eigenvalue weighted by atomic mass is 79.9. The number of thiazole rings is 1. The maximum Gasteiger partial charge on any atom is 0.180 e. The normalized spacial score (nSPS) is 15.3. The van der Waals surface area contributed by atoms with E-state index < -0.39 is 0 Å². The first-order valence-corrected chi connectivity index (χ1v) is 6.87. The lowest BCUT2D eigenvalue weighted by molar-refractivity contribution is 1.16. The molecule has 1 aromatic heterocycles. The highest BCUT2D eigenvalue weighted by Gasteiger charge is 2.29. The molecule has 4 heteroatoms. The fraction of sp³-hybridized carbons (Fsp3) is 0.250. The number of rotatable bonds is 2. The van der Waals surface area contributed by atoms with E-state index in [0.717, 1.165) is 15.7 Å². The maximum absolute atomic E-state index is 5.81. The molecule has 0 spiro atoms. The summed E-state index contributed by atoms with van der Waals surface area (Å²) in [5.41, 5.74) is 8.06. The van der Waals surface area contributed by atoms with E-state index in [1.54, 1.807) is 11.3 Å². The minimum absolute atomic E-state index is 0.680. The van der Waals surface area contributed by atoms with Gasteiger partial charge in [-0.05, 0) is 30.9 Å². The third kappa shape index (κ3) is 1.87. The van der Waals surface area contributed by atoms with Gasteiger partial charge in [0, 0.05) is 14.9 Å². The molecule has 1 aliphatic rings. The minimum Gasteiger partial charge on any atom is -0.375 e. The molecule has 0 aliphatic heterocycles. The Bertz CT molecular complexity index is 514. The number of hydrogen-bond acceptors (Lipinski definition) is 3.